The summed E-state index contributed by atoms with van der Waals surface area (Å²) in [5.74, 6) is -0.971. The summed E-state index contributed by atoms with van der Waals surface area (Å²) in [7, 11) is 0. The fourth-order valence-electron chi connectivity index (χ4n) is 3.83. The minimum absolute atomic E-state index is 0.00864. The van der Waals surface area contributed by atoms with E-state index >= 15 is 0 Å². The fourth-order valence-corrected chi connectivity index (χ4v) is 3.83. The number of amides is 1. The Bertz CT molecular complexity index is 1080. The Morgan fingerprint density at radius 1 is 1.11 bits per heavy atom. The third-order valence-corrected chi connectivity index (χ3v) is 5.63. The minimum Gasteiger partial charge on any atom is -0.466 e. The highest BCUT2D eigenvalue weighted by molar-refractivity contribution is 5.97. The molecule has 0 radical (unpaired) electrons. The molecule has 1 aromatic carbocycles. The number of fused-ring (bicyclic) bond motifs is 1. The van der Waals surface area contributed by atoms with Crippen LogP contribution in [0.15, 0.2) is 24.3 Å². The lowest BCUT2D eigenvalue weighted by Gasteiger charge is -2.27. The maximum absolute atomic E-state index is 12.7. The molecule has 0 saturated heterocycles. The number of nitrogens with two attached hydrogens (primary N) is 2. The summed E-state index contributed by atoms with van der Waals surface area (Å²) in [5.41, 5.74) is 14.4. The molecule has 1 aliphatic heterocycles. The molecule has 0 spiro atoms. The van der Waals surface area contributed by atoms with E-state index in [0.717, 1.165) is 24.2 Å². The lowest BCUT2D eigenvalue weighted by molar-refractivity contribution is -0.146. The number of esters is 2. The van der Waals surface area contributed by atoms with Gasteiger partial charge >= 0.3 is 11.9 Å². The van der Waals surface area contributed by atoms with E-state index in [1.807, 2.05) is 0 Å². The SMILES string of the molecule is CCOC(=O)CCC(NC(=O)c1ccc(NCC2CCc3nc(N)nc(N)c3N2)cc1)C(=O)OCC. The molecule has 36 heavy (non-hydrogen) atoms. The molecule has 2 unspecified atom stereocenters. The monoisotopic (exact) mass is 499 g/mol. The van der Waals surface area contributed by atoms with Gasteiger partial charge in [-0.1, -0.05) is 0 Å². The van der Waals surface area contributed by atoms with E-state index in [9.17, 15) is 14.4 Å². The van der Waals surface area contributed by atoms with Crippen molar-refractivity contribution in [2.24, 2.45) is 0 Å². The zero-order chi connectivity index (χ0) is 26.1. The van der Waals surface area contributed by atoms with Gasteiger partial charge in [0.05, 0.1) is 24.6 Å². The Morgan fingerprint density at radius 3 is 2.53 bits per heavy atom. The summed E-state index contributed by atoms with van der Waals surface area (Å²) in [6.45, 7) is 4.41. The molecule has 2 aromatic rings. The van der Waals surface area contributed by atoms with Crippen LogP contribution in [0.25, 0.3) is 0 Å². The van der Waals surface area contributed by atoms with Gasteiger partial charge in [-0.2, -0.15) is 4.98 Å². The van der Waals surface area contributed by atoms with Crippen molar-refractivity contribution in [3.8, 4) is 0 Å². The van der Waals surface area contributed by atoms with Crippen molar-refractivity contribution in [3.05, 3.63) is 35.5 Å². The molecule has 2 heterocycles. The predicted molar refractivity (Wildman–Crippen MR) is 135 cm³/mol. The molecular weight excluding hydrogens is 466 g/mol. The van der Waals surface area contributed by atoms with Crippen LogP contribution in [-0.4, -0.2) is 59.7 Å². The van der Waals surface area contributed by atoms with Crippen LogP contribution in [-0.2, 0) is 25.5 Å². The number of hydrogen-bond donors (Lipinski definition) is 5. The quantitative estimate of drug-likeness (QED) is 0.282. The van der Waals surface area contributed by atoms with Gasteiger partial charge in [-0.15, -0.1) is 0 Å². The second-order valence-corrected chi connectivity index (χ2v) is 8.25. The first-order valence-electron chi connectivity index (χ1n) is 12.0. The van der Waals surface area contributed by atoms with E-state index in [1.54, 1.807) is 38.1 Å². The Morgan fingerprint density at radius 2 is 1.83 bits per heavy atom. The van der Waals surface area contributed by atoms with Gasteiger partial charge in [0.1, 0.15) is 6.04 Å². The van der Waals surface area contributed by atoms with Crippen molar-refractivity contribution >= 4 is 41.0 Å². The number of carbonyl (C=O) groups is 3. The average Bonchev–Trinajstić information content (AvgIpc) is 2.85. The molecule has 0 fully saturated rings. The smallest absolute Gasteiger partial charge is 0.328 e. The molecule has 194 valence electrons. The maximum Gasteiger partial charge on any atom is 0.328 e. The topological polar surface area (TPSA) is 184 Å². The summed E-state index contributed by atoms with van der Waals surface area (Å²) in [6.07, 6.45) is 1.66. The first-order chi connectivity index (χ1) is 17.3. The standard InChI is InChI=1S/C24H33N7O5/c1-3-35-19(32)12-11-18(23(34)36-4-2)29-22(33)14-5-7-15(8-6-14)27-13-16-9-10-17-20(28-16)21(25)31-24(26)30-17/h5-8,16,18,27-28H,3-4,9-13H2,1-2H3,(H,29,33)(H4,25,26,30,31). The fraction of sp³-hybridized carbons (Fsp3) is 0.458. The molecule has 12 nitrogen and oxygen atoms in total. The van der Waals surface area contributed by atoms with Gasteiger partial charge in [0, 0.05) is 30.3 Å². The number of nitrogens with zero attached hydrogens (tertiary/aromatic N) is 2. The van der Waals surface area contributed by atoms with Crippen molar-refractivity contribution in [1.82, 2.24) is 15.3 Å². The number of ether oxygens (including phenoxy) is 2. The van der Waals surface area contributed by atoms with Gasteiger partial charge < -0.3 is 36.9 Å². The number of rotatable bonds is 11. The highest BCUT2D eigenvalue weighted by Crippen LogP contribution is 2.28. The van der Waals surface area contributed by atoms with Gasteiger partial charge in [0.15, 0.2) is 5.82 Å². The van der Waals surface area contributed by atoms with Crippen molar-refractivity contribution < 1.29 is 23.9 Å². The second-order valence-electron chi connectivity index (χ2n) is 8.25. The van der Waals surface area contributed by atoms with Crippen LogP contribution in [0.3, 0.4) is 0 Å². The molecule has 7 N–H and O–H groups in total. The molecular formula is C24H33N7O5. The number of anilines is 4. The van der Waals surface area contributed by atoms with Gasteiger partial charge in [-0.25, -0.2) is 9.78 Å². The summed E-state index contributed by atoms with van der Waals surface area (Å²) in [6, 6.07) is 6.03. The van der Waals surface area contributed by atoms with Gasteiger partial charge in [-0.05, 0) is 57.4 Å². The molecule has 1 aromatic heterocycles. The predicted octanol–water partition coefficient (Wildman–Crippen LogP) is 1.48. The van der Waals surface area contributed by atoms with E-state index in [2.05, 4.69) is 25.9 Å². The number of aromatic nitrogens is 2. The number of aryl methyl sites for hydroxylation is 1. The molecule has 1 aliphatic rings. The van der Waals surface area contributed by atoms with Crippen LogP contribution in [0.5, 0.6) is 0 Å². The number of hydrogen-bond acceptors (Lipinski definition) is 11. The third-order valence-electron chi connectivity index (χ3n) is 5.63. The van der Waals surface area contributed by atoms with Crippen LogP contribution in [0.1, 0.15) is 49.2 Å². The Hall–Kier alpha value is -4.09. The van der Waals surface area contributed by atoms with Crippen molar-refractivity contribution in [2.75, 3.05) is 41.9 Å². The maximum atomic E-state index is 12.7. The Balaban J connectivity index is 1.54. The normalized spacial score (nSPS) is 15.1. The van der Waals surface area contributed by atoms with E-state index in [4.69, 9.17) is 20.9 Å². The Labute approximate surface area is 209 Å². The average molecular weight is 500 g/mol. The van der Waals surface area contributed by atoms with E-state index in [0.29, 0.717) is 23.6 Å². The van der Waals surface area contributed by atoms with Crippen molar-refractivity contribution in [2.45, 2.75) is 51.6 Å². The molecule has 0 saturated carbocycles. The van der Waals surface area contributed by atoms with E-state index in [-0.39, 0.29) is 38.0 Å². The van der Waals surface area contributed by atoms with Crippen LogP contribution in [0.4, 0.5) is 23.1 Å². The van der Waals surface area contributed by atoms with Crippen LogP contribution in [0.2, 0.25) is 0 Å². The van der Waals surface area contributed by atoms with Crippen LogP contribution >= 0.6 is 0 Å². The highest BCUT2D eigenvalue weighted by atomic mass is 16.5. The van der Waals surface area contributed by atoms with E-state index in [1.165, 1.54) is 0 Å². The van der Waals surface area contributed by atoms with Crippen LogP contribution < -0.4 is 27.4 Å². The van der Waals surface area contributed by atoms with Gasteiger partial charge in [0.2, 0.25) is 5.95 Å². The summed E-state index contributed by atoms with van der Waals surface area (Å²) in [5, 5.41) is 9.34. The largest absolute Gasteiger partial charge is 0.466 e. The third kappa shape index (κ3) is 7.20. The molecule has 2 atom stereocenters. The molecule has 1 amide bonds. The summed E-state index contributed by atoms with van der Waals surface area (Å²) < 4.78 is 9.93. The second kappa shape index (κ2) is 12.6. The lowest BCUT2D eigenvalue weighted by Crippen LogP contribution is -2.42. The number of carbonyl (C=O) groups excluding carboxylic acids is 3. The highest BCUT2D eigenvalue weighted by Gasteiger charge is 2.24. The Kier molecular flexibility index (Phi) is 9.25. The van der Waals surface area contributed by atoms with Gasteiger partial charge in [0.25, 0.3) is 5.91 Å². The molecule has 0 aliphatic carbocycles. The van der Waals surface area contributed by atoms with Crippen molar-refractivity contribution in [1.29, 1.82) is 0 Å². The summed E-state index contributed by atoms with van der Waals surface area (Å²) in [4.78, 5) is 44.9. The molecule has 3 rings (SSSR count). The van der Waals surface area contributed by atoms with Gasteiger partial charge in [-0.3, -0.25) is 9.59 Å². The first-order valence-corrected chi connectivity index (χ1v) is 12.0. The lowest BCUT2D eigenvalue weighted by atomic mass is 10.0. The summed E-state index contributed by atoms with van der Waals surface area (Å²) >= 11 is 0. The van der Waals surface area contributed by atoms with Crippen molar-refractivity contribution in [3.63, 3.8) is 0 Å². The zero-order valence-electron chi connectivity index (χ0n) is 20.5. The van der Waals surface area contributed by atoms with Crippen LogP contribution in [0, 0.1) is 0 Å². The first kappa shape index (κ1) is 26.5. The molecule has 12 heteroatoms. The number of nitrogens with one attached hydrogen (secondary N) is 3. The number of benzene rings is 1. The minimum atomic E-state index is -0.952. The molecule has 0 bridgehead atoms. The number of nitrogen functional groups attached to an aromatic ring is 2. The van der Waals surface area contributed by atoms with E-state index < -0.39 is 23.9 Å². The zero-order valence-corrected chi connectivity index (χ0v) is 20.5.